The van der Waals surface area contributed by atoms with Gasteiger partial charge in [-0.2, -0.15) is 0 Å². The van der Waals surface area contributed by atoms with Crippen LogP contribution in [0.25, 0.3) is 0 Å². The number of aryl methyl sites for hydroxylation is 1. The van der Waals surface area contributed by atoms with Crippen LogP contribution >= 0.6 is 15.9 Å². The van der Waals surface area contributed by atoms with Crippen molar-refractivity contribution in [3.8, 4) is 5.75 Å². The van der Waals surface area contributed by atoms with Gasteiger partial charge in [0.2, 0.25) is 0 Å². The van der Waals surface area contributed by atoms with E-state index in [0.717, 1.165) is 27.8 Å². The lowest BCUT2D eigenvalue weighted by molar-refractivity contribution is 0.399. The summed E-state index contributed by atoms with van der Waals surface area (Å²) >= 11 is 3.50. The van der Waals surface area contributed by atoms with Gasteiger partial charge in [-0.3, -0.25) is 0 Å². The summed E-state index contributed by atoms with van der Waals surface area (Å²) in [5.41, 5.74) is 9.55. The highest BCUT2D eigenvalue weighted by molar-refractivity contribution is 9.10. The predicted octanol–water partition coefficient (Wildman–Crippen LogP) is 4.18. The molecule has 0 fully saturated rings. The van der Waals surface area contributed by atoms with Crippen LogP contribution in [0.1, 0.15) is 23.6 Å². The number of nitrogens with two attached hydrogens (primary N) is 1. The SMILES string of the molecule is COc1ccc(C)cc1CC(C)(N)c1cccc(Br)c1. The summed E-state index contributed by atoms with van der Waals surface area (Å²) in [7, 11) is 1.70. The fourth-order valence-electron chi connectivity index (χ4n) is 2.39. The minimum Gasteiger partial charge on any atom is -0.496 e. The molecule has 1 unspecified atom stereocenters. The number of halogens is 1. The van der Waals surface area contributed by atoms with Gasteiger partial charge in [0.1, 0.15) is 5.75 Å². The van der Waals surface area contributed by atoms with Crippen LogP contribution in [0.15, 0.2) is 46.9 Å². The lowest BCUT2D eigenvalue weighted by Gasteiger charge is -2.26. The molecule has 0 amide bonds. The molecule has 0 bridgehead atoms. The van der Waals surface area contributed by atoms with Crippen LogP contribution in [0, 0.1) is 6.92 Å². The third-order valence-electron chi connectivity index (χ3n) is 3.48. The second-order valence-electron chi connectivity index (χ2n) is 5.42. The number of benzene rings is 2. The summed E-state index contributed by atoms with van der Waals surface area (Å²) in [5.74, 6) is 0.891. The van der Waals surface area contributed by atoms with E-state index in [0.29, 0.717) is 0 Å². The van der Waals surface area contributed by atoms with Gasteiger partial charge in [-0.05, 0) is 49.6 Å². The van der Waals surface area contributed by atoms with E-state index >= 15 is 0 Å². The normalized spacial score (nSPS) is 13.8. The van der Waals surface area contributed by atoms with Gasteiger partial charge in [-0.25, -0.2) is 0 Å². The van der Waals surface area contributed by atoms with Crippen molar-refractivity contribution in [1.82, 2.24) is 0 Å². The molecule has 0 aliphatic rings. The van der Waals surface area contributed by atoms with Crippen molar-refractivity contribution in [1.29, 1.82) is 0 Å². The van der Waals surface area contributed by atoms with E-state index in [1.54, 1.807) is 7.11 Å². The Bertz CT molecular complexity index is 608. The highest BCUT2D eigenvalue weighted by Crippen LogP contribution is 2.29. The molecule has 0 spiro atoms. The molecule has 0 aliphatic heterocycles. The Morgan fingerprint density at radius 3 is 2.60 bits per heavy atom. The largest absolute Gasteiger partial charge is 0.496 e. The molecule has 0 saturated carbocycles. The molecule has 2 N–H and O–H groups in total. The quantitative estimate of drug-likeness (QED) is 0.910. The second-order valence-corrected chi connectivity index (χ2v) is 6.34. The summed E-state index contributed by atoms with van der Waals surface area (Å²) in [5, 5.41) is 0. The minimum absolute atomic E-state index is 0.440. The van der Waals surface area contributed by atoms with Crippen LogP contribution in [-0.2, 0) is 12.0 Å². The number of hydrogen-bond donors (Lipinski definition) is 1. The molecule has 2 rings (SSSR count). The van der Waals surface area contributed by atoms with E-state index < -0.39 is 5.54 Å². The monoisotopic (exact) mass is 333 g/mol. The molecule has 2 nitrogen and oxygen atoms in total. The first-order valence-electron chi connectivity index (χ1n) is 6.61. The summed E-state index contributed by atoms with van der Waals surface area (Å²) < 4.78 is 6.49. The highest BCUT2D eigenvalue weighted by atomic mass is 79.9. The van der Waals surface area contributed by atoms with Gasteiger partial charge in [0.25, 0.3) is 0 Å². The second kappa shape index (κ2) is 5.98. The van der Waals surface area contributed by atoms with Gasteiger partial charge < -0.3 is 10.5 Å². The van der Waals surface area contributed by atoms with Crippen LogP contribution in [0.2, 0.25) is 0 Å². The van der Waals surface area contributed by atoms with Gasteiger partial charge in [-0.15, -0.1) is 0 Å². The Morgan fingerprint density at radius 2 is 1.95 bits per heavy atom. The van der Waals surface area contributed by atoms with Gasteiger partial charge in [0.05, 0.1) is 7.11 Å². The van der Waals surface area contributed by atoms with Gasteiger partial charge in [0.15, 0.2) is 0 Å². The topological polar surface area (TPSA) is 35.2 Å². The smallest absolute Gasteiger partial charge is 0.122 e. The molecule has 1 atom stereocenters. The van der Waals surface area contributed by atoms with Crippen molar-refractivity contribution in [3.63, 3.8) is 0 Å². The van der Waals surface area contributed by atoms with Crippen LogP contribution < -0.4 is 10.5 Å². The fourth-order valence-corrected chi connectivity index (χ4v) is 2.79. The predicted molar refractivity (Wildman–Crippen MR) is 87.1 cm³/mol. The van der Waals surface area contributed by atoms with Gasteiger partial charge >= 0.3 is 0 Å². The van der Waals surface area contributed by atoms with E-state index in [2.05, 4.69) is 54.0 Å². The van der Waals surface area contributed by atoms with Crippen LogP contribution in [0.3, 0.4) is 0 Å². The molecule has 2 aromatic carbocycles. The molecule has 106 valence electrons. The lowest BCUT2D eigenvalue weighted by atomic mass is 9.86. The Kier molecular flexibility index (Phi) is 4.51. The summed E-state index contributed by atoms with van der Waals surface area (Å²) in [6.45, 7) is 4.13. The zero-order valence-electron chi connectivity index (χ0n) is 12.1. The number of ether oxygens (including phenoxy) is 1. The zero-order chi connectivity index (χ0) is 14.8. The molecular formula is C17H20BrNO. The van der Waals surface area contributed by atoms with Crippen LogP contribution in [0.4, 0.5) is 0 Å². The molecule has 20 heavy (non-hydrogen) atoms. The summed E-state index contributed by atoms with van der Waals surface area (Å²) in [6, 6.07) is 14.3. The Balaban J connectivity index is 2.35. The van der Waals surface area contributed by atoms with Crippen molar-refractivity contribution < 1.29 is 4.74 Å². The Labute approximate surface area is 129 Å². The molecule has 2 aromatic rings. The third-order valence-corrected chi connectivity index (χ3v) is 3.97. The van der Waals surface area contributed by atoms with E-state index in [-0.39, 0.29) is 0 Å². The lowest BCUT2D eigenvalue weighted by Crippen LogP contribution is -2.35. The van der Waals surface area contributed by atoms with Crippen molar-refractivity contribution in [2.75, 3.05) is 7.11 Å². The summed E-state index contributed by atoms with van der Waals surface area (Å²) in [4.78, 5) is 0. The first-order chi connectivity index (χ1) is 9.42. The summed E-state index contributed by atoms with van der Waals surface area (Å²) in [6.07, 6.45) is 0.730. The van der Waals surface area contributed by atoms with Crippen molar-refractivity contribution in [2.24, 2.45) is 5.73 Å². The first-order valence-corrected chi connectivity index (χ1v) is 7.40. The van der Waals surface area contributed by atoms with Gasteiger partial charge in [0, 0.05) is 10.0 Å². The molecule has 0 aromatic heterocycles. The maximum atomic E-state index is 6.54. The number of methoxy groups -OCH3 is 1. The van der Waals surface area contributed by atoms with Crippen LogP contribution in [-0.4, -0.2) is 7.11 Å². The van der Waals surface area contributed by atoms with Gasteiger partial charge in [-0.1, -0.05) is 45.8 Å². The maximum absolute atomic E-state index is 6.54. The van der Waals surface area contributed by atoms with E-state index in [1.807, 2.05) is 18.2 Å². The van der Waals surface area contributed by atoms with Crippen LogP contribution in [0.5, 0.6) is 5.75 Å². The van der Waals surface area contributed by atoms with E-state index in [1.165, 1.54) is 5.56 Å². The van der Waals surface area contributed by atoms with E-state index in [9.17, 15) is 0 Å². The average molecular weight is 334 g/mol. The maximum Gasteiger partial charge on any atom is 0.122 e. The Morgan fingerprint density at radius 1 is 1.20 bits per heavy atom. The molecule has 0 radical (unpaired) electrons. The van der Waals surface area contributed by atoms with Crippen molar-refractivity contribution >= 4 is 15.9 Å². The fraction of sp³-hybridized carbons (Fsp3) is 0.294. The first kappa shape index (κ1) is 15.1. The molecule has 3 heteroatoms. The molecule has 0 aliphatic carbocycles. The van der Waals surface area contributed by atoms with Crippen molar-refractivity contribution in [2.45, 2.75) is 25.8 Å². The molecular weight excluding hydrogens is 314 g/mol. The molecule has 0 saturated heterocycles. The Hall–Kier alpha value is -1.32. The highest BCUT2D eigenvalue weighted by Gasteiger charge is 2.23. The zero-order valence-corrected chi connectivity index (χ0v) is 13.7. The molecule has 0 heterocycles. The standard InChI is InChI=1S/C17H20BrNO/c1-12-7-8-16(20-3)13(9-12)11-17(2,19)14-5-4-6-15(18)10-14/h4-10H,11,19H2,1-3H3. The number of rotatable bonds is 4. The number of hydrogen-bond acceptors (Lipinski definition) is 2. The third kappa shape index (κ3) is 3.41. The van der Waals surface area contributed by atoms with Crippen molar-refractivity contribution in [3.05, 3.63) is 63.6 Å². The minimum atomic E-state index is -0.440. The van der Waals surface area contributed by atoms with E-state index in [4.69, 9.17) is 10.5 Å². The average Bonchev–Trinajstić information content (AvgIpc) is 2.38.